The second kappa shape index (κ2) is 8.38. The topological polar surface area (TPSA) is 66.4 Å². The minimum Gasteiger partial charge on any atom is -0.481 e. The number of aliphatic carboxylic acids is 1. The number of hydrogen-bond donors (Lipinski definition) is 2. The number of rotatable bonds is 7. The number of carboxylic acid groups (broad SMARTS) is 1. The van der Waals surface area contributed by atoms with Gasteiger partial charge in [0.15, 0.2) is 0 Å². The van der Waals surface area contributed by atoms with Gasteiger partial charge < -0.3 is 10.4 Å². The summed E-state index contributed by atoms with van der Waals surface area (Å²) in [6.45, 7) is 2.27. The molecule has 0 saturated carbocycles. The van der Waals surface area contributed by atoms with Crippen LogP contribution in [-0.2, 0) is 9.59 Å². The second-order valence-corrected chi connectivity index (χ2v) is 4.94. The molecule has 1 unspecified atom stereocenters. The lowest BCUT2D eigenvalue weighted by Gasteiger charge is -2.12. The molecule has 108 valence electrons. The number of carboxylic acids is 1. The van der Waals surface area contributed by atoms with Crippen molar-refractivity contribution in [2.75, 3.05) is 6.54 Å². The third kappa shape index (κ3) is 6.38. The molecular weight excluding hydrogens is 278 g/mol. The minimum absolute atomic E-state index is 0.0413. The van der Waals surface area contributed by atoms with Crippen LogP contribution in [0.25, 0.3) is 6.08 Å². The third-order valence-corrected chi connectivity index (χ3v) is 3.15. The monoisotopic (exact) mass is 295 g/mol. The zero-order valence-electron chi connectivity index (χ0n) is 11.3. The average Bonchev–Trinajstić information content (AvgIpc) is 2.42. The summed E-state index contributed by atoms with van der Waals surface area (Å²) >= 11 is 5.77. The fourth-order valence-corrected chi connectivity index (χ4v) is 1.78. The zero-order chi connectivity index (χ0) is 15.0. The number of benzene rings is 1. The quantitative estimate of drug-likeness (QED) is 0.760. The van der Waals surface area contributed by atoms with Gasteiger partial charge in [0, 0.05) is 24.1 Å². The fraction of sp³-hybridized carbons (Fsp3) is 0.333. The molecule has 20 heavy (non-hydrogen) atoms. The van der Waals surface area contributed by atoms with Gasteiger partial charge >= 0.3 is 5.97 Å². The van der Waals surface area contributed by atoms with Crippen LogP contribution in [0.15, 0.2) is 30.3 Å². The molecule has 0 fully saturated rings. The molecular formula is C15H18ClNO3. The van der Waals surface area contributed by atoms with Crippen LogP contribution in [0.4, 0.5) is 0 Å². The average molecular weight is 296 g/mol. The van der Waals surface area contributed by atoms with Crippen molar-refractivity contribution in [3.05, 3.63) is 40.9 Å². The van der Waals surface area contributed by atoms with Crippen molar-refractivity contribution in [2.45, 2.75) is 19.8 Å². The molecule has 2 N–H and O–H groups in total. The van der Waals surface area contributed by atoms with Gasteiger partial charge in [0.1, 0.15) is 0 Å². The first-order chi connectivity index (χ1) is 9.51. The highest BCUT2D eigenvalue weighted by molar-refractivity contribution is 6.30. The van der Waals surface area contributed by atoms with Crippen molar-refractivity contribution in [1.29, 1.82) is 0 Å². The fourth-order valence-electron chi connectivity index (χ4n) is 1.66. The Morgan fingerprint density at radius 3 is 2.55 bits per heavy atom. The summed E-state index contributed by atoms with van der Waals surface area (Å²) in [5.41, 5.74) is 0.877. The highest BCUT2D eigenvalue weighted by atomic mass is 35.5. The number of halogens is 1. The maximum absolute atomic E-state index is 11.6. The Hall–Kier alpha value is -1.81. The smallest absolute Gasteiger partial charge is 0.303 e. The summed E-state index contributed by atoms with van der Waals surface area (Å²) in [5, 5.41) is 12.1. The van der Waals surface area contributed by atoms with Crippen LogP contribution in [0.5, 0.6) is 0 Å². The lowest BCUT2D eigenvalue weighted by molar-refractivity contribution is -0.138. The van der Waals surface area contributed by atoms with Crippen molar-refractivity contribution in [3.8, 4) is 0 Å². The van der Waals surface area contributed by atoms with E-state index in [2.05, 4.69) is 5.32 Å². The van der Waals surface area contributed by atoms with E-state index in [1.807, 2.05) is 19.1 Å². The molecule has 0 spiro atoms. The number of nitrogens with one attached hydrogen (secondary N) is 1. The zero-order valence-corrected chi connectivity index (χ0v) is 12.1. The highest BCUT2D eigenvalue weighted by Gasteiger charge is 2.11. The third-order valence-electron chi connectivity index (χ3n) is 2.90. The van der Waals surface area contributed by atoms with Gasteiger partial charge in [0.25, 0.3) is 0 Å². The van der Waals surface area contributed by atoms with Crippen molar-refractivity contribution < 1.29 is 14.7 Å². The van der Waals surface area contributed by atoms with Crippen LogP contribution in [0, 0.1) is 5.92 Å². The van der Waals surface area contributed by atoms with Crippen LogP contribution < -0.4 is 5.32 Å². The number of amides is 1. The Morgan fingerprint density at radius 2 is 2.00 bits per heavy atom. The summed E-state index contributed by atoms with van der Waals surface area (Å²) < 4.78 is 0. The standard InChI is InChI=1S/C15H18ClNO3/c1-2-11(9-15(19)20)10-17-14(18)8-5-12-3-6-13(16)7-4-12/h3-8,11H,2,9-10H2,1H3,(H,17,18)(H,19,20)/b8-5+. The largest absolute Gasteiger partial charge is 0.481 e. The molecule has 5 heteroatoms. The van der Waals surface area contributed by atoms with Gasteiger partial charge in [-0.3, -0.25) is 9.59 Å². The second-order valence-electron chi connectivity index (χ2n) is 4.50. The summed E-state index contributed by atoms with van der Waals surface area (Å²) in [7, 11) is 0. The van der Waals surface area contributed by atoms with Gasteiger partial charge in [-0.2, -0.15) is 0 Å². The molecule has 0 aliphatic heterocycles. The van der Waals surface area contributed by atoms with Crippen molar-refractivity contribution in [3.63, 3.8) is 0 Å². The summed E-state index contributed by atoms with van der Waals surface area (Å²) in [4.78, 5) is 22.2. The van der Waals surface area contributed by atoms with Crippen molar-refractivity contribution in [1.82, 2.24) is 5.32 Å². The van der Waals surface area contributed by atoms with E-state index >= 15 is 0 Å². The molecule has 1 aromatic carbocycles. The van der Waals surface area contributed by atoms with E-state index in [1.54, 1.807) is 18.2 Å². The Morgan fingerprint density at radius 1 is 1.35 bits per heavy atom. The lowest BCUT2D eigenvalue weighted by atomic mass is 10.0. The van der Waals surface area contributed by atoms with E-state index in [0.717, 1.165) is 5.56 Å². The lowest BCUT2D eigenvalue weighted by Crippen LogP contribution is -2.28. The SMILES string of the molecule is CCC(CNC(=O)/C=C/c1ccc(Cl)cc1)CC(=O)O. The Kier molecular flexibility index (Phi) is 6.81. The van der Waals surface area contributed by atoms with Crippen molar-refractivity contribution in [2.24, 2.45) is 5.92 Å². The summed E-state index contributed by atoms with van der Waals surface area (Å²) in [5.74, 6) is -1.12. The van der Waals surface area contributed by atoms with Gasteiger partial charge in [0.2, 0.25) is 5.91 Å². The van der Waals surface area contributed by atoms with Crippen LogP contribution in [-0.4, -0.2) is 23.5 Å². The van der Waals surface area contributed by atoms with E-state index in [1.165, 1.54) is 6.08 Å². The van der Waals surface area contributed by atoms with E-state index < -0.39 is 5.97 Å². The molecule has 0 bridgehead atoms. The number of carbonyl (C=O) groups excluding carboxylic acids is 1. The molecule has 1 amide bonds. The maximum atomic E-state index is 11.6. The molecule has 0 heterocycles. The van der Waals surface area contributed by atoms with Gasteiger partial charge in [-0.05, 0) is 29.7 Å². The van der Waals surface area contributed by atoms with Crippen LogP contribution in [0.2, 0.25) is 5.02 Å². The molecule has 0 saturated heterocycles. The summed E-state index contributed by atoms with van der Waals surface area (Å²) in [6.07, 6.45) is 3.89. The van der Waals surface area contributed by atoms with E-state index in [-0.39, 0.29) is 18.2 Å². The Balaban J connectivity index is 2.43. The normalized spacial score (nSPS) is 12.3. The Bertz CT molecular complexity index is 482. The number of hydrogen-bond acceptors (Lipinski definition) is 2. The number of carbonyl (C=O) groups is 2. The van der Waals surface area contributed by atoms with Gasteiger partial charge in [-0.1, -0.05) is 37.1 Å². The molecule has 1 aromatic rings. The van der Waals surface area contributed by atoms with Crippen LogP contribution >= 0.6 is 11.6 Å². The van der Waals surface area contributed by atoms with Crippen molar-refractivity contribution >= 4 is 29.6 Å². The molecule has 0 aliphatic carbocycles. The van der Waals surface area contributed by atoms with Crippen LogP contribution in [0.3, 0.4) is 0 Å². The maximum Gasteiger partial charge on any atom is 0.303 e. The van der Waals surface area contributed by atoms with Gasteiger partial charge in [0.05, 0.1) is 0 Å². The summed E-state index contributed by atoms with van der Waals surface area (Å²) in [6, 6.07) is 7.12. The molecule has 0 aliphatic rings. The van der Waals surface area contributed by atoms with E-state index in [4.69, 9.17) is 16.7 Å². The van der Waals surface area contributed by atoms with Crippen LogP contribution in [0.1, 0.15) is 25.3 Å². The first kappa shape index (κ1) is 16.2. The first-order valence-electron chi connectivity index (χ1n) is 6.44. The Labute approximate surface area is 123 Å². The van der Waals surface area contributed by atoms with E-state index in [9.17, 15) is 9.59 Å². The first-order valence-corrected chi connectivity index (χ1v) is 6.82. The molecule has 0 aromatic heterocycles. The van der Waals surface area contributed by atoms with Gasteiger partial charge in [-0.25, -0.2) is 0 Å². The molecule has 1 atom stereocenters. The minimum atomic E-state index is -0.845. The van der Waals surface area contributed by atoms with E-state index in [0.29, 0.717) is 18.0 Å². The molecule has 4 nitrogen and oxygen atoms in total. The predicted molar refractivity (Wildman–Crippen MR) is 79.5 cm³/mol. The molecule has 0 radical (unpaired) electrons. The molecule has 1 rings (SSSR count). The van der Waals surface area contributed by atoms with Gasteiger partial charge in [-0.15, -0.1) is 0 Å². The predicted octanol–water partition coefficient (Wildman–Crippen LogP) is 2.97. The highest BCUT2D eigenvalue weighted by Crippen LogP contribution is 2.10.